The molecule has 2 atom stereocenters. The maximum Gasteiger partial charge on any atom is 0.0807 e. The zero-order valence-corrected chi connectivity index (χ0v) is 11.8. The molecule has 3 heteroatoms. The molecular weight excluding hydrogens is 236 g/mol. The summed E-state index contributed by atoms with van der Waals surface area (Å²) < 4.78 is 2.59. The van der Waals surface area contributed by atoms with Crippen LogP contribution in [0.4, 0.5) is 0 Å². The van der Waals surface area contributed by atoms with Crippen molar-refractivity contribution in [1.29, 1.82) is 0 Å². The van der Waals surface area contributed by atoms with Gasteiger partial charge in [-0.15, -0.1) is 0 Å². The van der Waals surface area contributed by atoms with Crippen molar-refractivity contribution in [2.45, 2.75) is 51.2 Å². The second kappa shape index (κ2) is 4.35. The molecular formula is C16H24N2O. The Morgan fingerprint density at radius 1 is 1.21 bits per heavy atom. The van der Waals surface area contributed by atoms with Gasteiger partial charge in [-0.3, -0.25) is 0 Å². The van der Waals surface area contributed by atoms with Crippen molar-refractivity contribution in [1.82, 2.24) is 9.47 Å². The van der Waals surface area contributed by atoms with E-state index in [0.29, 0.717) is 6.04 Å². The standard InChI is InChI=1S/C16H24N2O/c1-11-9-13-14(3-2-4-16(13)19)18(11)15-10-17-7-5-12(15)6-8-17/h9,12,15-16,19H,2-8,10H2,1H3. The molecule has 3 fully saturated rings. The lowest BCUT2D eigenvalue weighted by atomic mass is 9.83. The number of aliphatic hydroxyl groups is 1. The summed E-state index contributed by atoms with van der Waals surface area (Å²) in [5.74, 6) is 0.860. The Kier molecular flexibility index (Phi) is 2.75. The van der Waals surface area contributed by atoms with E-state index in [1.165, 1.54) is 49.4 Å². The van der Waals surface area contributed by atoms with Gasteiger partial charge in [0.2, 0.25) is 0 Å². The zero-order valence-electron chi connectivity index (χ0n) is 11.8. The molecule has 2 bridgehead atoms. The minimum absolute atomic E-state index is 0.218. The molecule has 1 N–H and O–H groups in total. The number of fused-ring (bicyclic) bond motifs is 4. The van der Waals surface area contributed by atoms with Crippen LogP contribution in [0.3, 0.4) is 0 Å². The molecule has 5 rings (SSSR count). The largest absolute Gasteiger partial charge is 0.388 e. The summed E-state index contributed by atoms with van der Waals surface area (Å²) >= 11 is 0. The molecule has 4 heterocycles. The van der Waals surface area contributed by atoms with Gasteiger partial charge in [-0.2, -0.15) is 0 Å². The normalized spacial score (nSPS) is 37.4. The third-order valence-corrected chi connectivity index (χ3v) is 5.57. The fourth-order valence-electron chi connectivity index (χ4n) is 4.59. The fraction of sp³-hybridized carbons (Fsp3) is 0.750. The first-order valence-corrected chi connectivity index (χ1v) is 7.85. The maximum absolute atomic E-state index is 10.2. The van der Waals surface area contributed by atoms with Crippen LogP contribution in [0, 0.1) is 12.8 Å². The highest BCUT2D eigenvalue weighted by atomic mass is 16.3. The molecule has 1 aliphatic carbocycles. The molecule has 4 aliphatic rings. The number of aromatic nitrogens is 1. The van der Waals surface area contributed by atoms with Crippen LogP contribution in [0.2, 0.25) is 0 Å². The van der Waals surface area contributed by atoms with Crippen LogP contribution in [0.15, 0.2) is 6.07 Å². The highest BCUT2D eigenvalue weighted by molar-refractivity contribution is 5.33. The number of nitrogens with zero attached hydrogens (tertiary/aromatic N) is 2. The van der Waals surface area contributed by atoms with Gasteiger partial charge >= 0.3 is 0 Å². The number of rotatable bonds is 1. The van der Waals surface area contributed by atoms with Crippen LogP contribution in [-0.2, 0) is 6.42 Å². The van der Waals surface area contributed by atoms with Crippen LogP contribution >= 0.6 is 0 Å². The molecule has 2 unspecified atom stereocenters. The highest BCUT2D eigenvalue weighted by Gasteiger charge is 2.37. The summed E-state index contributed by atoms with van der Waals surface area (Å²) in [5.41, 5.74) is 4.03. The SMILES string of the molecule is Cc1cc2c(n1C1CN3CCC1CC3)CCCC2O. The van der Waals surface area contributed by atoms with Crippen molar-refractivity contribution in [2.24, 2.45) is 5.92 Å². The Balaban J connectivity index is 1.75. The maximum atomic E-state index is 10.2. The summed E-state index contributed by atoms with van der Waals surface area (Å²) in [5, 5.41) is 10.2. The first kappa shape index (κ1) is 12.0. The van der Waals surface area contributed by atoms with Gasteiger partial charge in [0.1, 0.15) is 0 Å². The van der Waals surface area contributed by atoms with Crippen LogP contribution in [-0.4, -0.2) is 34.2 Å². The molecule has 3 saturated heterocycles. The number of hydrogen-bond acceptors (Lipinski definition) is 2. The van der Waals surface area contributed by atoms with E-state index in [2.05, 4.69) is 22.5 Å². The summed E-state index contributed by atoms with van der Waals surface area (Å²) in [6.07, 6.45) is 5.74. The molecule has 0 radical (unpaired) electrons. The Labute approximate surface area is 115 Å². The van der Waals surface area contributed by atoms with Gasteiger partial charge in [0.25, 0.3) is 0 Å². The third kappa shape index (κ3) is 1.78. The van der Waals surface area contributed by atoms with Gasteiger partial charge in [-0.1, -0.05) is 0 Å². The van der Waals surface area contributed by atoms with E-state index in [4.69, 9.17) is 0 Å². The first-order chi connectivity index (χ1) is 9.24. The van der Waals surface area contributed by atoms with Gasteiger partial charge in [0, 0.05) is 29.5 Å². The van der Waals surface area contributed by atoms with E-state index in [0.717, 1.165) is 25.2 Å². The second-order valence-corrected chi connectivity index (χ2v) is 6.67. The van der Waals surface area contributed by atoms with Gasteiger partial charge in [0.05, 0.1) is 6.10 Å². The van der Waals surface area contributed by atoms with E-state index in [1.807, 2.05) is 0 Å². The minimum Gasteiger partial charge on any atom is -0.388 e. The molecule has 19 heavy (non-hydrogen) atoms. The zero-order chi connectivity index (χ0) is 13.0. The van der Waals surface area contributed by atoms with Crippen LogP contribution in [0.1, 0.15) is 54.8 Å². The van der Waals surface area contributed by atoms with Crippen molar-refractivity contribution in [3.63, 3.8) is 0 Å². The van der Waals surface area contributed by atoms with Crippen molar-refractivity contribution >= 4 is 0 Å². The number of aryl methyl sites for hydroxylation is 1. The quantitative estimate of drug-likeness (QED) is 0.840. The summed E-state index contributed by atoms with van der Waals surface area (Å²) in [4.78, 5) is 2.62. The molecule has 1 aromatic heterocycles. The third-order valence-electron chi connectivity index (χ3n) is 5.57. The van der Waals surface area contributed by atoms with Crippen LogP contribution in [0.25, 0.3) is 0 Å². The predicted molar refractivity (Wildman–Crippen MR) is 75.3 cm³/mol. The summed E-state index contributed by atoms with van der Waals surface area (Å²) in [7, 11) is 0. The Bertz CT molecular complexity index is 485. The lowest BCUT2D eigenvalue weighted by Gasteiger charge is -2.46. The van der Waals surface area contributed by atoms with Crippen molar-refractivity contribution < 1.29 is 5.11 Å². The van der Waals surface area contributed by atoms with Crippen molar-refractivity contribution in [3.05, 3.63) is 23.0 Å². The highest BCUT2D eigenvalue weighted by Crippen LogP contribution is 2.41. The summed E-state index contributed by atoms with van der Waals surface area (Å²) in [6.45, 7) is 6.05. The average Bonchev–Trinajstić information content (AvgIpc) is 2.78. The minimum atomic E-state index is -0.218. The Hall–Kier alpha value is -0.800. The monoisotopic (exact) mass is 260 g/mol. The Morgan fingerprint density at radius 3 is 2.68 bits per heavy atom. The molecule has 0 spiro atoms. The van der Waals surface area contributed by atoms with E-state index < -0.39 is 0 Å². The smallest absolute Gasteiger partial charge is 0.0807 e. The lowest BCUT2D eigenvalue weighted by molar-refractivity contribution is 0.0542. The van der Waals surface area contributed by atoms with Gasteiger partial charge in [0.15, 0.2) is 0 Å². The lowest BCUT2D eigenvalue weighted by Crippen LogP contribution is -2.48. The van der Waals surface area contributed by atoms with Crippen molar-refractivity contribution in [3.8, 4) is 0 Å². The number of hydrogen-bond donors (Lipinski definition) is 1. The first-order valence-electron chi connectivity index (χ1n) is 7.85. The van der Waals surface area contributed by atoms with Crippen LogP contribution < -0.4 is 0 Å². The number of aliphatic hydroxyl groups excluding tert-OH is 1. The van der Waals surface area contributed by atoms with E-state index >= 15 is 0 Å². The predicted octanol–water partition coefficient (Wildman–Crippen LogP) is 2.43. The molecule has 0 saturated carbocycles. The van der Waals surface area contributed by atoms with Crippen molar-refractivity contribution in [2.75, 3.05) is 19.6 Å². The molecule has 3 aliphatic heterocycles. The molecule has 3 nitrogen and oxygen atoms in total. The van der Waals surface area contributed by atoms with Gasteiger partial charge < -0.3 is 14.6 Å². The van der Waals surface area contributed by atoms with Gasteiger partial charge in [-0.05, 0) is 64.1 Å². The Morgan fingerprint density at radius 2 is 2.00 bits per heavy atom. The molecule has 1 aromatic rings. The van der Waals surface area contributed by atoms with Crippen LogP contribution in [0.5, 0.6) is 0 Å². The van der Waals surface area contributed by atoms with E-state index in [-0.39, 0.29) is 6.10 Å². The fourth-order valence-corrected chi connectivity index (χ4v) is 4.59. The van der Waals surface area contributed by atoms with E-state index in [1.54, 1.807) is 0 Å². The topological polar surface area (TPSA) is 28.4 Å². The van der Waals surface area contributed by atoms with Gasteiger partial charge in [-0.25, -0.2) is 0 Å². The summed E-state index contributed by atoms with van der Waals surface area (Å²) in [6, 6.07) is 2.91. The van der Waals surface area contributed by atoms with E-state index in [9.17, 15) is 5.11 Å². The second-order valence-electron chi connectivity index (χ2n) is 6.67. The number of piperidine rings is 3. The molecule has 0 amide bonds. The molecule has 0 aromatic carbocycles. The molecule has 104 valence electrons. The average molecular weight is 260 g/mol.